The number of nitrogens with one attached hydrogen (secondary N) is 1. The summed E-state index contributed by atoms with van der Waals surface area (Å²) < 4.78 is 5.76. The number of nitro groups is 1. The van der Waals surface area contributed by atoms with Gasteiger partial charge in [-0.2, -0.15) is 0 Å². The molecule has 7 nitrogen and oxygen atoms in total. The fourth-order valence-electron chi connectivity index (χ4n) is 2.69. The predicted molar refractivity (Wildman–Crippen MR) is 83.1 cm³/mol. The lowest BCUT2D eigenvalue weighted by Crippen LogP contribution is -2.54. The summed E-state index contributed by atoms with van der Waals surface area (Å²) in [6.45, 7) is 8.40. The fraction of sp³-hybridized carbons (Fsp3) is 0.533. The van der Waals surface area contributed by atoms with E-state index in [4.69, 9.17) is 4.74 Å². The molecule has 0 radical (unpaired) electrons. The van der Waals surface area contributed by atoms with Crippen LogP contribution in [0.4, 0.5) is 16.2 Å². The van der Waals surface area contributed by atoms with Gasteiger partial charge in [-0.3, -0.25) is 10.1 Å². The van der Waals surface area contributed by atoms with E-state index in [1.165, 1.54) is 6.07 Å². The number of hydrogen-bond donors (Lipinski definition) is 1. The highest BCUT2D eigenvalue weighted by Gasteiger charge is 2.33. The van der Waals surface area contributed by atoms with E-state index in [0.29, 0.717) is 24.3 Å². The van der Waals surface area contributed by atoms with E-state index >= 15 is 0 Å². The Balaban J connectivity index is 2.12. The van der Waals surface area contributed by atoms with Crippen molar-refractivity contribution in [2.45, 2.75) is 39.4 Å². The number of benzene rings is 1. The van der Waals surface area contributed by atoms with Crippen LogP contribution in [0.5, 0.6) is 0 Å². The molecule has 2 amide bonds. The Morgan fingerprint density at radius 1 is 1.50 bits per heavy atom. The third kappa shape index (κ3) is 3.73. The van der Waals surface area contributed by atoms with E-state index in [1.807, 2.05) is 20.8 Å². The lowest BCUT2D eigenvalue weighted by Gasteiger charge is -2.41. The molecule has 22 heavy (non-hydrogen) atoms. The molecule has 120 valence electrons. The molecule has 1 atom stereocenters. The monoisotopic (exact) mass is 307 g/mol. The topological polar surface area (TPSA) is 84.7 Å². The van der Waals surface area contributed by atoms with E-state index in [9.17, 15) is 14.9 Å². The minimum Gasteiger partial charge on any atom is -0.369 e. The van der Waals surface area contributed by atoms with Gasteiger partial charge in [0.2, 0.25) is 0 Å². The summed E-state index contributed by atoms with van der Waals surface area (Å²) in [6, 6.07) is 4.39. The Morgan fingerprint density at radius 2 is 2.18 bits per heavy atom. The SMILES string of the molecule is Cc1ccc(NC(=O)N2CC(C)OC(C)(C)C2)cc1[N+](=O)[O-]. The van der Waals surface area contributed by atoms with E-state index < -0.39 is 10.5 Å². The molecule has 1 unspecified atom stereocenters. The summed E-state index contributed by atoms with van der Waals surface area (Å²) in [7, 11) is 0. The van der Waals surface area contributed by atoms with Crippen molar-refractivity contribution in [3.8, 4) is 0 Å². The number of carbonyl (C=O) groups excluding carboxylic acids is 1. The third-order valence-corrected chi connectivity index (χ3v) is 3.51. The average molecular weight is 307 g/mol. The first kappa shape index (κ1) is 16.2. The molecule has 1 N–H and O–H groups in total. The smallest absolute Gasteiger partial charge is 0.322 e. The number of hydrogen-bond acceptors (Lipinski definition) is 4. The number of morpholine rings is 1. The van der Waals surface area contributed by atoms with Crippen LogP contribution in [0.25, 0.3) is 0 Å². The lowest BCUT2D eigenvalue weighted by molar-refractivity contribution is -0.385. The van der Waals surface area contributed by atoms with Gasteiger partial charge in [0.1, 0.15) is 0 Å². The number of urea groups is 1. The zero-order valence-electron chi connectivity index (χ0n) is 13.3. The molecular weight excluding hydrogens is 286 g/mol. The second-order valence-electron chi connectivity index (χ2n) is 6.26. The third-order valence-electron chi connectivity index (χ3n) is 3.51. The van der Waals surface area contributed by atoms with Gasteiger partial charge in [-0.1, -0.05) is 6.07 Å². The van der Waals surface area contributed by atoms with Crippen LogP contribution in [0.15, 0.2) is 18.2 Å². The molecule has 1 aromatic rings. The summed E-state index contributed by atoms with van der Waals surface area (Å²) >= 11 is 0. The van der Waals surface area contributed by atoms with Crippen molar-refractivity contribution in [1.29, 1.82) is 0 Å². The van der Waals surface area contributed by atoms with E-state index in [0.717, 1.165) is 0 Å². The van der Waals surface area contributed by atoms with Gasteiger partial charge in [0.05, 0.1) is 23.2 Å². The Kier molecular flexibility index (Phi) is 4.37. The first-order valence-electron chi connectivity index (χ1n) is 7.17. The first-order valence-corrected chi connectivity index (χ1v) is 7.17. The number of nitro benzene ring substituents is 1. The zero-order valence-corrected chi connectivity index (χ0v) is 13.3. The van der Waals surface area contributed by atoms with Crippen molar-refractivity contribution >= 4 is 17.4 Å². The van der Waals surface area contributed by atoms with E-state index in [2.05, 4.69) is 5.32 Å². The molecule has 1 aliphatic heterocycles. The van der Waals surface area contributed by atoms with Gasteiger partial charge in [-0.25, -0.2) is 4.79 Å². The highest BCUT2D eigenvalue weighted by molar-refractivity contribution is 5.90. The molecule has 2 rings (SSSR count). The largest absolute Gasteiger partial charge is 0.369 e. The van der Waals surface area contributed by atoms with E-state index in [-0.39, 0.29) is 17.8 Å². The summed E-state index contributed by atoms with van der Waals surface area (Å²) in [5.74, 6) is 0. The summed E-state index contributed by atoms with van der Waals surface area (Å²) in [5, 5.41) is 13.7. The summed E-state index contributed by atoms with van der Waals surface area (Å²) in [5.41, 5.74) is 0.561. The van der Waals surface area contributed by atoms with Crippen molar-refractivity contribution in [1.82, 2.24) is 4.90 Å². The van der Waals surface area contributed by atoms with Crippen LogP contribution in [-0.2, 0) is 4.74 Å². The number of amides is 2. The predicted octanol–water partition coefficient (Wildman–Crippen LogP) is 2.93. The maximum absolute atomic E-state index is 12.4. The molecule has 0 saturated carbocycles. The van der Waals surface area contributed by atoms with Crippen LogP contribution in [0.3, 0.4) is 0 Å². The molecule has 0 spiro atoms. The van der Waals surface area contributed by atoms with Crippen molar-refractivity contribution < 1.29 is 14.5 Å². The summed E-state index contributed by atoms with van der Waals surface area (Å²) in [6.07, 6.45) is -0.0538. The molecule has 1 aromatic carbocycles. The Hall–Kier alpha value is -2.15. The van der Waals surface area contributed by atoms with Gasteiger partial charge in [-0.05, 0) is 33.8 Å². The van der Waals surface area contributed by atoms with Gasteiger partial charge in [0.25, 0.3) is 5.69 Å². The van der Waals surface area contributed by atoms with Gasteiger partial charge in [0, 0.05) is 23.9 Å². The van der Waals surface area contributed by atoms with Gasteiger partial charge in [-0.15, -0.1) is 0 Å². The fourth-order valence-corrected chi connectivity index (χ4v) is 2.69. The summed E-state index contributed by atoms with van der Waals surface area (Å²) in [4.78, 5) is 24.5. The second kappa shape index (κ2) is 5.92. The Labute approximate surface area is 129 Å². The van der Waals surface area contributed by atoms with Gasteiger partial charge < -0.3 is 15.0 Å². The first-order chi connectivity index (χ1) is 10.2. The molecule has 7 heteroatoms. The minimum absolute atomic E-state index is 0.00604. The van der Waals surface area contributed by atoms with Gasteiger partial charge in [0.15, 0.2) is 0 Å². The molecule has 1 aliphatic rings. The Morgan fingerprint density at radius 3 is 2.77 bits per heavy atom. The maximum atomic E-state index is 12.4. The quantitative estimate of drug-likeness (QED) is 0.672. The molecule has 1 fully saturated rings. The average Bonchev–Trinajstić information content (AvgIpc) is 2.38. The number of aryl methyl sites for hydroxylation is 1. The number of nitrogens with zero attached hydrogens (tertiary/aromatic N) is 2. The van der Waals surface area contributed by atoms with Crippen molar-refractivity contribution in [3.05, 3.63) is 33.9 Å². The van der Waals surface area contributed by atoms with Crippen LogP contribution in [0.2, 0.25) is 0 Å². The number of anilines is 1. The molecule has 0 aromatic heterocycles. The normalized spacial score (nSPS) is 20.5. The number of rotatable bonds is 2. The van der Waals surface area contributed by atoms with Crippen molar-refractivity contribution in [2.75, 3.05) is 18.4 Å². The van der Waals surface area contributed by atoms with Gasteiger partial charge >= 0.3 is 6.03 Å². The molecule has 1 saturated heterocycles. The standard InChI is InChI=1S/C15H21N3O4/c1-10-5-6-12(7-13(10)18(20)21)16-14(19)17-8-11(2)22-15(3,4)9-17/h5-7,11H,8-9H2,1-4H3,(H,16,19). The molecule has 1 heterocycles. The number of carbonyl (C=O) groups is 1. The second-order valence-corrected chi connectivity index (χ2v) is 6.26. The molecule has 0 aliphatic carbocycles. The van der Waals surface area contributed by atoms with Crippen LogP contribution in [0.1, 0.15) is 26.3 Å². The van der Waals surface area contributed by atoms with Crippen LogP contribution in [0, 0.1) is 17.0 Å². The van der Waals surface area contributed by atoms with Crippen LogP contribution < -0.4 is 5.32 Å². The van der Waals surface area contributed by atoms with E-state index in [1.54, 1.807) is 24.0 Å². The molecule has 0 bridgehead atoms. The highest BCUT2D eigenvalue weighted by atomic mass is 16.6. The number of ether oxygens (including phenoxy) is 1. The van der Waals surface area contributed by atoms with Crippen molar-refractivity contribution in [2.24, 2.45) is 0 Å². The molecular formula is C15H21N3O4. The van der Waals surface area contributed by atoms with Crippen LogP contribution >= 0.6 is 0 Å². The highest BCUT2D eigenvalue weighted by Crippen LogP contribution is 2.24. The minimum atomic E-state index is -0.453. The van der Waals surface area contributed by atoms with Crippen molar-refractivity contribution in [3.63, 3.8) is 0 Å². The lowest BCUT2D eigenvalue weighted by atomic mass is 10.1. The maximum Gasteiger partial charge on any atom is 0.322 e. The van der Waals surface area contributed by atoms with Crippen LogP contribution in [-0.4, -0.2) is 40.6 Å². The zero-order chi connectivity index (χ0) is 16.5. The Bertz CT molecular complexity index is 600.